The van der Waals surface area contributed by atoms with Crippen molar-refractivity contribution < 1.29 is 19.4 Å². The molecule has 0 rings (SSSR count). The molecular formula is C10H18BrNO4. The molecule has 6 heteroatoms. The smallest absolute Gasteiger partial charge is 0.338 e. The number of rotatable bonds is 5. The fourth-order valence-corrected chi connectivity index (χ4v) is 1.29. The van der Waals surface area contributed by atoms with Crippen molar-refractivity contribution in [3.05, 3.63) is 0 Å². The first-order chi connectivity index (χ1) is 7.13. The van der Waals surface area contributed by atoms with Gasteiger partial charge in [-0.25, -0.2) is 9.59 Å². The summed E-state index contributed by atoms with van der Waals surface area (Å²) in [4.78, 5) is 22.7. The molecule has 0 spiro atoms. The highest BCUT2D eigenvalue weighted by Gasteiger charge is 2.44. The van der Waals surface area contributed by atoms with E-state index in [-0.39, 0.29) is 6.42 Å². The lowest BCUT2D eigenvalue weighted by atomic mass is 9.95. The lowest BCUT2D eigenvalue weighted by Crippen LogP contribution is -2.57. The van der Waals surface area contributed by atoms with Crippen molar-refractivity contribution >= 4 is 27.9 Å². The maximum absolute atomic E-state index is 11.7. The Bertz CT molecular complexity index is 274. The first kappa shape index (κ1) is 15.4. The monoisotopic (exact) mass is 295 g/mol. The van der Waals surface area contributed by atoms with E-state index >= 15 is 0 Å². The minimum atomic E-state index is -1.96. The molecule has 0 saturated heterocycles. The Kier molecular flexibility index (Phi) is 5.41. The number of aliphatic carboxylic acids is 1. The second-order valence-corrected chi connectivity index (χ2v) is 5.36. The topological polar surface area (TPSA) is 89.6 Å². The number of carboxylic acids is 1. The van der Waals surface area contributed by atoms with E-state index in [2.05, 4.69) is 15.9 Å². The molecule has 0 aromatic rings. The number of ether oxygens (including phenoxy) is 1. The highest BCUT2D eigenvalue weighted by atomic mass is 79.9. The van der Waals surface area contributed by atoms with Crippen LogP contribution in [0.1, 0.15) is 33.6 Å². The molecule has 0 amide bonds. The van der Waals surface area contributed by atoms with Crippen LogP contribution in [0.5, 0.6) is 0 Å². The fourth-order valence-electron chi connectivity index (χ4n) is 1.01. The Morgan fingerprint density at radius 1 is 1.38 bits per heavy atom. The summed E-state index contributed by atoms with van der Waals surface area (Å²) in [5, 5.41) is 9.57. The van der Waals surface area contributed by atoms with Crippen LogP contribution in [0.4, 0.5) is 0 Å². The number of nitrogens with two attached hydrogens (primary N) is 1. The van der Waals surface area contributed by atoms with Crippen molar-refractivity contribution in [2.24, 2.45) is 5.73 Å². The minimum Gasteiger partial charge on any atom is -0.479 e. The molecule has 0 fully saturated rings. The van der Waals surface area contributed by atoms with E-state index in [1.54, 1.807) is 20.8 Å². The van der Waals surface area contributed by atoms with Gasteiger partial charge in [0.05, 0.1) is 0 Å². The highest BCUT2D eigenvalue weighted by Crippen LogP contribution is 2.18. The van der Waals surface area contributed by atoms with E-state index in [9.17, 15) is 9.59 Å². The third kappa shape index (κ3) is 4.49. The van der Waals surface area contributed by atoms with Crippen LogP contribution < -0.4 is 5.73 Å². The van der Waals surface area contributed by atoms with Gasteiger partial charge < -0.3 is 15.6 Å². The predicted molar refractivity (Wildman–Crippen MR) is 63.4 cm³/mol. The Morgan fingerprint density at radius 2 is 1.88 bits per heavy atom. The summed E-state index contributed by atoms with van der Waals surface area (Å²) in [6.07, 6.45) is 0.532. The van der Waals surface area contributed by atoms with Gasteiger partial charge in [0.2, 0.25) is 5.54 Å². The summed E-state index contributed by atoms with van der Waals surface area (Å²) < 4.78 is 5.00. The number of halogens is 1. The average Bonchev–Trinajstić information content (AvgIpc) is 2.10. The summed E-state index contributed by atoms with van der Waals surface area (Å²) in [5.41, 5.74) is 2.88. The van der Waals surface area contributed by atoms with Gasteiger partial charge in [0.1, 0.15) is 5.60 Å². The Morgan fingerprint density at radius 3 is 2.19 bits per heavy atom. The quantitative estimate of drug-likeness (QED) is 0.453. The zero-order valence-electron chi connectivity index (χ0n) is 9.75. The van der Waals surface area contributed by atoms with E-state index in [0.29, 0.717) is 11.8 Å². The number of alkyl halides is 1. The molecule has 0 radical (unpaired) electrons. The Balaban J connectivity index is 4.77. The Hall–Kier alpha value is -0.620. The summed E-state index contributed by atoms with van der Waals surface area (Å²) in [6.45, 7) is 4.99. The van der Waals surface area contributed by atoms with E-state index in [4.69, 9.17) is 15.6 Å². The molecule has 0 aliphatic carbocycles. The van der Waals surface area contributed by atoms with Crippen LogP contribution in [0.3, 0.4) is 0 Å². The van der Waals surface area contributed by atoms with Crippen LogP contribution in [0.25, 0.3) is 0 Å². The number of carbonyl (C=O) groups excluding carboxylic acids is 1. The Labute approximate surface area is 103 Å². The van der Waals surface area contributed by atoms with Gasteiger partial charge in [-0.2, -0.15) is 0 Å². The molecule has 0 aromatic heterocycles. The van der Waals surface area contributed by atoms with Gasteiger partial charge in [0.25, 0.3) is 0 Å². The molecule has 0 bridgehead atoms. The summed E-state index contributed by atoms with van der Waals surface area (Å²) >= 11 is 3.16. The summed E-state index contributed by atoms with van der Waals surface area (Å²) in [6, 6.07) is 0. The molecule has 5 nitrogen and oxygen atoms in total. The highest BCUT2D eigenvalue weighted by molar-refractivity contribution is 9.09. The lowest BCUT2D eigenvalue weighted by molar-refractivity contribution is -0.169. The first-order valence-corrected chi connectivity index (χ1v) is 6.07. The molecule has 0 heterocycles. The molecule has 94 valence electrons. The fraction of sp³-hybridized carbons (Fsp3) is 0.800. The van der Waals surface area contributed by atoms with Gasteiger partial charge in [-0.05, 0) is 33.6 Å². The standard InChI is InChI=1S/C10H18BrNO4/c1-9(2,3)16-8(15)10(12,7(13)14)5-4-6-11/h4-6,12H2,1-3H3,(H,13,14)/t10-/m0/s1. The molecule has 3 N–H and O–H groups in total. The molecule has 0 aromatic carbocycles. The largest absolute Gasteiger partial charge is 0.479 e. The van der Waals surface area contributed by atoms with Crippen LogP contribution in [0, 0.1) is 0 Å². The van der Waals surface area contributed by atoms with E-state index in [0.717, 1.165) is 0 Å². The number of esters is 1. The first-order valence-electron chi connectivity index (χ1n) is 4.95. The van der Waals surface area contributed by atoms with Gasteiger partial charge in [0.15, 0.2) is 0 Å². The van der Waals surface area contributed by atoms with Crippen LogP contribution in [0.15, 0.2) is 0 Å². The molecule has 0 aliphatic rings. The van der Waals surface area contributed by atoms with Crippen LogP contribution >= 0.6 is 15.9 Å². The number of carboxylic acid groups (broad SMARTS) is 1. The number of carbonyl (C=O) groups is 2. The van der Waals surface area contributed by atoms with Gasteiger partial charge >= 0.3 is 11.9 Å². The molecule has 0 aliphatic heterocycles. The van der Waals surface area contributed by atoms with Crippen molar-refractivity contribution in [3.8, 4) is 0 Å². The van der Waals surface area contributed by atoms with Gasteiger partial charge in [0, 0.05) is 5.33 Å². The van der Waals surface area contributed by atoms with E-state index < -0.39 is 23.1 Å². The molecule has 16 heavy (non-hydrogen) atoms. The van der Waals surface area contributed by atoms with Crippen molar-refractivity contribution in [1.29, 1.82) is 0 Å². The predicted octanol–water partition coefficient (Wildman–Crippen LogP) is 1.29. The minimum absolute atomic E-state index is 0.0441. The van der Waals surface area contributed by atoms with Crippen LogP contribution in [-0.2, 0) is 14.3 Å². The lowest BCUT2D eigenvalue weighted by Gasteiger charge is -2.27. The molecule has 1 atom stereocenters. The molecular weight excluding hydrogens is 278 g/mol. The number of hydrogen-bond donors (Lipinski definition) is 2. The van der Waals surface area contributed by atoms with Gasteiger partial charge in [-0.3, -0.25) is 0 Å². The van der Waals surface area contributed by atoms with Crippen molar-refractivity contribution in [2.45, 2.75) is 44.8 Å². The zero-order chi connectivity index (χ0) is 13.0. The second kappa shape index (κ2) is 5.63. The van der Waals surface area contributed by atoms with E-state index in [1.807, 2.05) is 0 Å². The summed E-state index contributed by atoms with van der Waals surface area (Å²) in [5.74, 6) is -2.25. The third-order valence-electron chi connectivity index (χ3n) is 1.85. The maximum Gasteiger partial charge on any atom is 0.338 e. The normalized spacial score (nSPS) is 15.3. The molecule has 0 saturated carbocycles. The van der Waals surface area contributed by atoms with Gasteiger partial charge in [-0.15, -0.1) is 0 Å². The third-order valence-corrected chi connectivity index (χ3v) is 2.41. The maximum atomic E-state index is 11.7. The molecule has 0 unspecified atom stereocenters. The SMILES string of the molecule is CC(C)(C)OC(=O)[C@](N)(CCCBr)C(=O)O. The summed E-state index contributed by atoms with van der Waals surface area (Å²) in [7, 11) is 0. The van der Waals surface area contributed by atoms with Crippen molar-refractivity contribution in [3.63, 3.8) is 0 Å². The average molecular weight is 296 g/mol. The zero-order valence-corrected chi connectivity index (χ0v) is 11.3. The van der Waals surface area contributed by atoms with Crippen molar-refractivity contribution in [2.75, 3.05) is 5.33 Å². The van der Waals surface area contributed by atoms with Crippen LogP contribution in [0.2, 0.25) is 0 Å². The van der Waals surface area contributed by atoms with Crippen LogP contribution in [-0.4, -0.2) is 33.5 Å². The number of hydrogen-bond acceptors (Lipinski definition) is 4. The second-order valence-electron chi connectivity index (χ2n) is 4.57. The van der Waals surface area contributed by atoms with E-state index in [1.165, 1.54) is 0 Å². The van der Waals surface area contributed by atoms with Crippen molar-refractivity contribution in [1.82, 2.24) is 0 Å². The van der Waals surface area contributed by atoms with Gasteiger partial charge in [-0.1, -0.05) is 15.9 Å².